The summed E-state index contributed by atoms with van der Waals surface area (Å²) in [7, 11) is 1.40. The van der Waals surface area contributed by atoms with Gasteiger partial charge in [-0.1, -0.05) is 6.07 Å². The Morgan fingerprint density at radius 3 is 2.76 bits per heavy atom. The lowest BCUT2D eigenvalue weighted by Crippen LogP contribution is -2.07. The van der Waals surface area contributed by atoms with Crippen LogP contribution in [0.3, 0.4) is 0 Å². The molecule has 0 atom stereocenters. The molecule has 1 N–H and O–H groups in total. The van der Waals surface area contributed by atoms with Crippen molar-refractivity contribution >= 4 is 28.5 Å². The van der Waals surface area contributed by atoms with Crippen LogP contribution in [0.2, 0.25) is 0 Å². The Morgan fingerprint density at radius 1 is 1.43 bits per heavy atom. The maximum absolute atomic E-state index is 13.5. The van der Waals surface area contributed by atoms with Gasteiger partial charge in [0, 0.05) is 11.0 Å². The second-order valence-corrected chi connectivity index (χ2v) is 5.58. The highest BCUT2D eigenvalue weighted by Crippen LogP contribution is 2.21. The molecule has 0 aliphatic heterocycles. The molecule has 6 heteroatoms. The predicted octanol–water partition coefficient (Wildman–Crippen LogP) is 3.56. The van der Waals surface area contributed by atoms with Gasteiger partial charge in [-0.2, -0.15) is 0 Å². The van der Waals surface area contributed by atoms with Crippen molar-refractivity contribution in [3.63, 3.8) is 0 Å². The number of nitrogens with one attached hydrogen (secondary N) is 1. The number of methoxy groups -OCH3 is 1. The number of rotatable bonds is 4. The monoisotopic (exact) mass is 306 g/mol. The minimum absolute atomic E-state index is 0.172. The summed E-state index contributed by atoms with van der Waals surface area (Å²) in [4.78, 5) is 17.0. The normalized spacial score (nSPS) is 10.9. The summed E-state index contributed by atoms with van der Waals surface area (Å²) in [5, 5.41) is 3.23. The summed E-state index contributed by atoms with van der Waals surface area (Å²) in [5.74, 6) is -0.600. The number of carbonyl (C=O) groups excluding carboxylic acids is 1. The van der Waals surface area contributed by atoms with Gasteiger partial charge < -0.3 is 4.74 Å². The zero-order valence-corrected chi connectivity index (χ0v) is 12.8. The number of anilines is 1. The number of hydrogen-bond donors (Lipinski definition) is 1. The van der Waals surface area contributed by atoms with Crippen LogP contribution in [0, 0.1) is 19.7 Å². The first-order valence-electron chi connectivity index (χ1n) is 6.26. The summed E-state index contributed by atoms with van der Waals surface area (Å²) < 4.78 is 18.3. The fraction of sp³-hybridized carbons (Fsp3) is 0.200. The minimum atomic E-state index is -0.466. The minimum Gasteiger partial charge on any atom is -0.494 e. The molecule has 0 bridgehead atoms. The third-order valence-electron chi connectivity index (χ3n) is 2.86. The van der Waals surface area contributed by atoms with E-state index in [1.807, 2.05) is 13.8 Å². The molecule has 1 aromatic carbocycles. The molecule has 2 rings (SSSR count). The predicted molar refractivity (Wildman–Crippen MR) is 82.2 cm³/mol. The number of halogens is 1. The average molecular weight is 306 g/mol. The van der Waals surface area contributed by atoms with Crippen LogP contribution >= 0.6 is 11.3 Å². The van der Waals surface area contributed by atoms with Gasteiger partial charge in [-0.15, -0.1) is 11.3 Å². The third-order valence-corrected chi connectivity index (χ3v) is 3.85. The molecule has 1 heterocycles. The number of ether oxygens (including phenoxy) is 1. The smallest absolute Gasteiger partial charge is 0.250 e. The zero-order chi connectivity index (χ0) is 15.4. The van der Waals surface area contributed by atoms with Crippen LogP contribution in [0.25, 0.3) is 6.08 Å². The van der Waals surface area contributed by atoms with Crippen molar-refractivity contribution in [3.8, 4) is 5.75 Å². The topological polar surface area (TPSA) is 51.2 Å². The SMILES string of the molecule is COc1ccc(/C=C/C(=O)Nc2nc(C)c(C)s2)cc1F. The van der Waals surface area contributed by atoms with Gasteiger partial charge in [0.15, 0.2) is 16.7 Å². The lowest BCUT2D eigenvalue weighted by atomic mass is 10.2. The van der Waals surface area contributed by atoms with Gasteiger partial charge in [0.25, 0.3) is 0 Å². The molecule has 0 spiro atoms. The van der Waals surface area contributed by atoms with Crippen LogP contribution in [-0.4, -0.2) is 18.0 Å². The van der Waals surface area contributed by atoms with Crippen molar-refractivity contribution in [2.24, 2.45) is 0 Å². The molecule has 4 nitrogen and oxygen atoms in total. The lowest BCUT2D eigenvalue weighted by Gasteiger charge is -2.01. The molecule has 0 aliphatic carbocycles. The molecule has 1 amide bonds. The molecule has 0 aliphatic rings. The summed E-state index contributed by atoms with van der Waals surface area (Å²) in [6, 6.07) is 4.49. The van der Waals surface area contributed by atoms with Crippen molar-refractivity contribution < 1.29 is 13.9 Å². The first-order valence-corrected chi connectivity index (χ1v) is 7.08. The molecule has 0 unspecified atom stereocenters. The van der Waals surface area contributed by atoms with Crippen LogP contribution in [0.4, 0.5) is 9.52 Å². The zero-order valence-electron chi connectivity index (χ0n) is 11.9. The molecule has 0 saturated heterocycles. The van der Waals surface area contributed by atoms with E-state index in [1.165, 1.54) is 42.7 Å². The molecule has 0 fully saturated rings. The maximum atomic E-state index is 13.5. The van der Waals surface area contributed by atoms with Gasteiger partial charge in [0.05, 0.1) is 12.8 Å². The number of benzene rings is 1. The number of carbonyl (C=O) groups is 1. The Bertz CT molecular complexity index is 675. The highest BCUT2D eigenvalue weighted by Gasteiger charge is 2.06. The molecule has 1 aromatic heterocycles. The largest absolute Gasteiger partial charge is 0.494 e. The number of thiazole rings is 1. The van der Waals surface area contributed by atoms with E-state index < -0.39 is 5.82 Å². The van der Waals surface area contributed by atoms with E-state index in [4.69, 9.17) is 4.74 Å². The van der Waals surface area contributed by atoms with Crippen molar-refractivity contribution in [2.75, 3.05) is 12.4 Å². The quantitative estimate of drug-likeness (QED) is 0.879. The van der Waals surface area contributed by atoms with E-state index in [1.54, 1.807) is 6.07 Å². The van der Waals surface area contributed by atoms with Crippen molar-refractivity contribution in [1.29, 1.82) is 0 Å². The Kier molecular flexibility index (Phi) is 4.70. The first-order chi connectivity index (χ1) is 9.99. The number of hydrogen-bond acceptors (Lipinski definition) is 4. The lowest BCUT2D eigenvalue weighted by molar-refractivity contribution is -0.111. The van der Waals surface area contributed by atoms with Gasteiger partial charge in [0.1, 0.15) is 0 Å². The molecule has 0 radical (unpaired) electrons. The van der Waals surface area contributed by atoms with Crippen LogP contribution in [-0.2, 0) is 4.79 Å². The molecule has 0 saturated carbocycles. The average Bonchev–Trinajstić information content (AvgIpc) is 2.75. The second kappa shape index (κ2) is 6.49. The summed E-state index contributed by atoms with van der Waals surface area (Å²) in [6.45, 7) is 3.83. The molecular formula is C15H15FN2O2S. The maximum Gasteiger partial charge on any atom is 0.250 e. The fourth-order valence-corrected chi connectivity index (χ4v) is 2.45. The van der Waals surface area contributed by atoms with E-state index in [2.05, 4.69) is 10.3 Å². The van der Waals surface area contributed by atoms with Gasteiger partial charge in [-0.25, -0.2) is 9.37 Å². The molecule has 110 valence electrons. The molecule has 2 aromatic rings. The van der Waals surface area contributed by atoms with Gasteiger partial charge in [0.2, 0.25) is 5.91 Å². The van der Waals surface area contributed by atoms with Crippen molar-refractivity contribution in [1.82, 2.24) is 4.98 Å². The van der Waals surface area contributed by atoms with Gasteiger partial charge in [-0.05, 0) is 37.6 Å². The Labute approximate surface area is 126 Å². The van der Waals surface area contributed by atoms with E-state index >= 15 is 0 Å². The number of aromatic nitrogens is 1. The summed E-state index contributed by atoms with van der Waals surface area (Å²) in [5.41, 5.74) is 1.48. The second-order valence-electron chi connectivity index (χ2n) is 4.38. The van der Waals surface area contributed by atoms with Crippen LogP contribution in [0.5, 0.6) is 5.75 Å². The Hall–Kier alpha value is -2.21. The van der Waals surface area contributed by atoms with Crippen LogP contribution in [0.1, 0.15) is 16.1 Å². The van der Waals surface area contributed by atoms with Crippen molar-refractivity contribution in [2.45, 2.75) is 13.8 Å². The highest BCUT2D eigenvalue weighted by molar-refractivity contribution is 7.15. The Balaban J connectivity index is 2.03. The van der Waals surface area contributed by atoms with Crippen molar-refractivity contribution in [3.05, 3.63) is 46.2 Å². The third kappa shape index (κ3) is 3.88. The standard InChI is InChI=1S/C15H15FN2O2S/c1-9-10(2)21-15(17-9)18-14(19)7-5-11-4-6-13(20-3)12(16)8-11/h4-8H,1-3H3,(H,17,18,19)/b7-5+. The van der Waals surface area contributed by atoms with Crippen LogP contribution in [0.15, 0.2) is 24.3 Å². The van der Waals surface area contributed by atoms with Gasteiger partial charge in [-0.3, -0.25) is 10.1 Å². The highest BCUT2D eigenvalue weighted by atomic mass is 32.1. The first kappa shape index (κ1) is 15.2. The number of amides is 1. The van der Waals surface area contributed by atoms with E-state index in [9.17, 15) is 9.18 Å². The number of aryl methyl sites for hydroxylation is 2. The van der Waals surface area contributed by atoms with E-state index in [-0.39, 0.29) is 11.7 Å². The number of nitrogens with zero attached hydrogens (tertiary/aromatic N) is 1. The van der Waals surface area contributed by atoms with Gasteiger partial charge >= 0.3 is 0 Å². The summed E-state index contributed by atoms with van der Waals surface area (Å²) >= 11 is 1.42. The summed E-state index contributed by atoms with van der Waals surface area (Å²) in [6.07, 6.45) is 2.87. The Morgan fingerprint density at radius 2 is 2.19 bits per heavy atom. The molecular weight excluding hydrogens is 291 g/mol. The van der Waals surface area contributed by atoms with E-state index in [0.29, 0.717) is 10.7 Å². The fourth-order valence-electron chi connectivity index (χ4n) is 1.63. The van der Waals surface area contributed by atoms with E-state index in [0.717, 1.165) is 10.6 Å². The molecule has 21 heavy (non-hydrogen) atoms. The van der Waals surface area contributed by atoms with Crippen LogP contribution < -0.4 is 10.1 Å².